The van der Waals surface area contributed by atoms with Crippen LogP contribution >= 0.6 is 0 Å². The number of hydrogen-bond acceptors (Lipinski definition) is 7. The summed E-state index contributed by atoms with van der Waals surface area (Å²) >= 11 is 0. The highest BCUT2D eigenvalue weighted by Gasteiger charge is 2.08. The van der Waals surface area contributed by atoms with Gasteiger partial charge in [-0.25, -0.2) is 19.9 Å². The number of para-hydroxylation sites is 1. The van der Waals surface area contributed by atoms with Crippen LogP contribution in [0.1, 0.15) is 12.2 Å². The van der Waals surface area contributed by atoms with Gasteiger partial charge in [0.05, 0.1) is 17.2 Å². The molecular weight excluding hydrogens is 444 g/mol. The molecule has 0 spiro atoms. The summed E-state index contributed by atoms with van der Waals surface area (Å²) in [6, 6.07) is 16.3. The van der Waals surface area contributed by atoms with Crippen molar-refractivity contribution < 1.29 is 4.79 Å². The van der Waals surface area contributed by atoms with Gasteiger partial charge in [-0.15, -0.1) is 0 Å². The number of aryl methyl sites for hydroxylation is 2. The summed E-state index contributed by atoms with van der Waals surface area (Å²) in [7, 11) is 0. The van der Waals surface area contributed by atoms with Gasteiger partial charge in [-0.2, -0.15) is 0 Å². The van der Waals surface area contributed by atoms with Crippen LogP contribution in [-0.2, 0) is 11.3 Å². The van der Waals surface area contributed by atoms with Crippen molar-refractivity contribution in [3.63, 3.8) is 0 Å². The summed E-state index contributed by atoms with van der Waals surface area (Å²) in [5, 5.41) is 6.65. The Bertz CT molecular complexity index is 1540. The molecule has 5 rings (SSSR count). The molecule has 0 aliphatic rings. The van der Waals surface area contributed by atoms with Crippen molar-refractivity contribution in [2.24, 2.45) is 0 Å². The van der Waals surface area contributed by atoms with Crippen LogP contribution in [0.25, 0.3) is 16.7 Å². The van der Waals surface area contributed by atoms with Gasteiger partial charge in [-0.05, 0) is 43.3 Å². The maximum absolute atomic E-state index is 12.6. The number of amides is 1. The summed E-state index contributed by atoms with van der Waals surface area (Å²) in [4.78, 5) is 42.2. The van der Waals surface area contributed by atoms with Gasteiger partial charge in [0.2, 0.25) is 5.91 Å². The lowest BCUT2D eigenvalue weighted by molar-refractivity contribution is -0.116. The van der Waals surface area contributed by atoms with E-state index in [0.717, 1.165) is 5.69 Å². The number of imidazole rings is 1. The third kappa shape index (κ3) is 5.06. The summed E-state index contributed by atoms with van der Waals surface area (Å²) in [5.41, 5.74) is 1.95. The van der Waals surface area contributed by atoms with Gasteiger partial charge in [0, 0.05) is 42.8 Å². The number of rotatable bonds is 7. The zero-order chi connectivity index (χ0) is 24.2. The summed E-state index contributed by atoms with van der Waals surface area (Å²) in [6.07, 6.45) is 6.81. The number of benzene rings is 2. The Hall–Kier alpha value is -4.86. The zero-order valence-corrected chi connectivity index (χ0v) is 18.9. The van der Waals surface area contributed by atoms with E-state index >= 15 is 0 Å². The van der Waals surface area contributed by atoms with Crippen molar-refractivity contribution in [2.75, 3.05) is 10.6 Å². The molecule has 3 aromatic heterocycles. The van der Waals surface area contributed by atoms with Gasteiger partial charge in [-0.3, -0.25) is 18.7 Å². The smallest absolute Gasteiger partial charge is 0.261 e. The molecule has 1 amide bonds. The number of fused-ring (bicyclic) bond motifs is 1. The topological polar surface area (TPSA) is 120 Å². The largest absolute Gasteiger partial charge is 0.340 e. The molecule has 10 heteroatoms. The van der Waals surface area contributed by atoms with Crippen molar-refractivity contribution in [2.45, 2.75) is 19.9 Å². The second kappa shape index (κ2) is 9.56. The highest BCUT2D eigenvalue weighted by molar-refractivity contribution is 5.90. The minimum absolute atomic E-state index is 0.150. The fourth-order valence-electron chi connectivity index (χ4n) is 3.64. The van der Waals surface area contributed by atoms with E-state index in [1.807, 2.05) is 37.4 Å². The van der Waals surface area contributed by atoms with E-state index in [0.29, 0.717) is 34.1 Å². The molecule has 2 aromatic carbocycles. The maximum Gasteiger partial charge on any atom is 0.261 e. The van der Waals surface area contributed by atoms with Crippen molar-refractivity contribution in [1.82, 2.24) is 29.1 Å². The summed E-state index contributed by atoms with van der Waals surface area (Å²) < 4.78 is 3.26. The van der Waals surface area contributed by atoms with Crippen LogP contribution in [0.5, 0.6) is 0 Å². The molecule has 0 saturated carbocycles. The quantitative estimate of drug-likeness (QED) is 0.377. The number of carbonyl (C=O) groups is 1. The van der Waals surface area contributed by atoms with Crippen LogP contribution in [0.15, 0.2) is 84.4 Å². The van der Waals surface area contributed by atoms with Crippen LogP contribution in [-0.4, -0.2) is 35.0 Å². The Morgan fingerprint density at radius 3 is 2.60 bits per heavy atom. The molecule has 0 atom stereocenters. The van der Waals surface area contributed by atoms with E-state index in [2.05, 4.69) is 30.6 Å². The third-order valence-corrected chi connectivity index (χ3v) is 5.35. The van der Waals surface area contributed by atoms with Gasteiger partial charge in [0.15, 0.2) is 0 Å². The molecule has 35 heavy (non-hydrogen) atoms. The van der Waals surface area contributed by atoms with E-state index in [1.165, 1.54) is 10.9 Å². The number of nitrogens with zero attached hydrogens (tertiary/aromatic N) is 6. The molecule has 174 valence electrons. The fraction of sp³-hybridized carbons (Fsp3) is 0.120. The third-order valence-electron chi connectivity index (χ3n) is 5.35. The molecule has 0 aliphatic carbocycles. The predicted octanol–water partition coefficient (Wildman–Crippen LogP) is 3.45. The standard InChI is InChI=1S/C25H22N8O2/c1-17-28-22(14-23(29-17)32-13-11-26-15-32)30-18-6-8-19(9-7-18)31-24(34)10-12-33-16-27-21-5-3-2-4-20(21)25(33)35/h2-9,11,13-16H,10,12H2,1H3,(H,31,34)(H,28,29,30). The van der Waals surface area contributed by atoms with Crippen LogP contribution < -0.4 is 16.2 Å². The monoisotopic (exact) mass is 466 g/mol. The van der Waals surface area contributed by atoms with Gasteiger partial charge in [0.25, 0.3) is 5.56 Å². The zero-order valence-electron chi connectivity index (χ0n) is 18.9. The molecule has 0 fully saturated rings. The Kier molecular flexibility index (Phi) is 6.00. The van der Waals surface area contributed by atoms with Crippen molar-refractivity contribution >= 4 is 34.0 Å². The van der Waals surface area contributed by atoms with Crippen molar-refractivity contribution in [1.29, 1.82) is 0 Å². The number of aromatic nitrogens is 6. The number of carbonyl (C=O) groups excluding carboxylic acids is 1. The van der Waals surface area contributed by atoms with Crippen molar-refractivity contribution in [3.8, 4) is 5.82 Å². The van der Waals surface area contributed by atoms with E-state index in [9.17, 15) is 9.59 Å². The van der Waals surface area contributed by atoms with E-state index in [1.54, 1.807) is 47.4 Å². The Balaban J connectivity index is 1.20. The highest BCUT2D eigenvalue weighted by atomic mass is 16.2. The molecule has 0 bridgehead atoms. The predicted molar refractivity (Wildman–Crippen MR) is 133 cm³/mol. The molecule has 3 heterocycles. The lowest BCUT2D eigenvalue weighted by Crippen LogP contribution is -2.23. The molecule has 2 N–H and O–H groups in total. The first-order chi connectivity index (χ1) is 17.0. The van der Waals surface area contributed by atoms with E-state index < -0.39 is 0 Å². The average molecular weight is 467 g/mol. The van der Waals surface area contributed by atoms with Gasteiger partial charge in [0.1, 0.15) is 23.8 Å². The number of nitrogens with one attached hydrogen (secondary N) is 2. The van der Waals surface area contributed by atoms with E-state index in [-0.39, 0.29) is 24.4 Å². The SMILES string of the molecule is Cc1nc(Nc2ccc(NC(=O)CCn3cnc4ccccc4c3=O)cc2)cc(-n2ccnc2)n1. The Morgan fingerprint density at radius 1 is 1.00 bits per heavy atom. The number of hydrogen-bond donors (Lipinski definition) is 2. The highest BCUT2D eigenvalue weighted by Crippen LogP contribution is 2.19. The second-order valence-electron chi connectivity index (χ2n) is 7.89. The van der Waals surface area contributed by atoms with Gasteiger partial charge < -0.3 is 10.6 Å². The van der Waals surface area contributed by atoms with E-state index in [4.69, 9.17) is 0 Å². The molecule has 0 radical (unpaired) electrons. The summed E-state index contributed by atoms with van der Waals surface area (Å²) in [5.74, 6) is 1.79. The molecule has 0 saturated heterocycles. The normalized spacial score (nSPS) is 10.9. The first-order valence-corrected chi connectivity index (χ1v) is 11.0. The van der Waals surface area contributed by atoms with Crippen LogP contribution in [0.4, 0.5) is 17.2 Å². The van der Waals surface area contributed by atoms with Gasteiger partial charge >= 0.3 is 0 Å². The molecule has 0 unspecified atom stereocenters. The van der Waals surface area contributed by atoms with Crippen LogP contribution in [0.2, 0.25) is 0 Å². The minimum Gasteiger partial charge on any atom is -0.340 e. The Morgan fingerprint density at radius 2 is 1.80 bits per heavy atom. The summed E-state index contributed by atoms with van der Waals surface area (Å²) in [6.45, 7) is 2.07. The number of anilines is 3. The molecule has 10 nitrogen and oxygen atoms in total. The fourth-order valence-corrected chi connectivity index (χ4v) is 3.64. The lowest BCUT2D eigenvalue weighted by atomic mass is 10.2. The lowest BCUT2D eigenvalue weighted by Gasteiger charge is -2.11. The molecule has 5 aromatic rings. The molecule has 0 aliphatic heterocycles. The first-order valence-electron chi connectivity index (χ1n) is 11.0. The van der Waals surface area contributed by atoms with Crippen molar-refractivity contribution in [3.05, 3.63) is 95.8 Å². The second-order valence-corrected chi connectivity index (χ2v) is 7.89. The maximum atomic E-state index is 12.6. The van der Waals surface area contributed by atoms with Crippen LogP contribution in [0.3, 0.4) is 0 Å². The molecular formula is C25H22N8O2. The van der Waals surface area contributed by atoms with Gasteiger partial charge in [-0.1, -0.05) is 12.1 Å². The average Bonchev–Trinajstić information content (AvgIpc) is 3.40. The minimum atomic E-state index is -0.192. The Labute approximate surface area is 200 Å². The first kappa shape index (κ1) is 22.0. The van der Waals surface area contributed by atoms with Crippen LogP contribution in [0, 0.1) is 6.92 Å².